The number of rotatable bonds is 7. The molecule has 270 valence electrons. The predicted octanol–water partition coefficient (Wildman–Crippen LogP) is 14.0. The zero-order valence-corrected chi connectivity index (χ0v) is 31.6. The molecule has 2 heterocycles. The molecule has 0 unspecified atom stereocenters. The summed E-state index contributed by atoms with van der Waals surface area (Å²) in [5, 5.41) is 7.25. The lowest BCUT2D eigenvalue weighted by Crippen LogP contribution is -1.99. The first-order valence-corrected chi connectivity index (χ1v) is 19.4. The second-order valence-corrected chi connectivity index (χ2v) is 14.5. The Hall–Kier alpha value is -7.49. The quantitative estimate of drug-likeness (QED) is 0.131. The normalized spacial score (nSPS) is 12.1. The van der Waals surface area contributed by atoms with Gasteiger partial charge in [0.25, 0.3) is 0 Å². The number of hydrogen-bond acceptors (Lipinski definition) is 2. The van der Waals surface area contributed by atoms with Crippen molar-refractivity contribution in [3.8, 4) is 50.2 Å². The van der Waals surface area contributed by atoms with Crippen molar-refractivity contribution in [2.24, 2.45) is 5.73 Å². The number of para-hydroxylation sites is 1. The Morgan fingerprint density at radius 2 is 0.912 bits per heavy atom. The molecule has 0 bridgehead atoms. The number of aromatic nitrogens is 2. The van der Waals surface area contributed by atoms with Crippen molar-refractivity contribution in [1.29, 1.82) is 0 Å². The monoisotopic (exact) mass is 729 g/mol. The molecule has 2 aromatic heterocycles. The van der Waals surface area contributed by atoms with Gasteiger partial charge < -0.3 is 10.3 Å². The van der Waals surface area contributed by atoms with Gasteiger partial charge in [0, 0.05) is 16.5 Å². The number of hydrogen-bond donors (Lipinski definition) is 1. The lowest BCUT2D eigenvalue weighted by molar-refractivity contribution is 1.16. The fraction of sp³-hybridized carbons (Fsp3) is 0.0185. The van der Waals surface area contributed by atoms with Crippen LogP contribution in [0.4, 0.5) is 0 Å². The molecular formula is C54H39N3. The van der Waals surface area contributed by atoms with Gasteiger partial charge in [-0.2, -0.15) is 0 Å². The van der Waals surface area contributed by atoms with E-state index in [0.29, 0.717) is 5.70 Å². The number of allylic oxidation sites excluding steroid dienone is 3. The van der Waals surface area contributed by atoms with Gasteiger partial charge in [-0.05, 0) is 109 Å². The first kappa shape index (κ1) is 34.0. The van der Waals surface area contributed by atoms with E-state index in [4.69, 9.17) is 10.7 Å². The van der Waals surface area contributed by atoms with Crippen LogP contribution in [0.15, 0.2) is 206 Å². The molecule has 2 N–H and O–H groups in total. The minimum Gasteiger partial charge on any atom is -0.397 e. The first-order chi connectivity index (χ1) is 28.2. The van der Waals surface area contributed by atoms with Gasteiger partial charge in [0.15, 0.2) is 0 Å². The fourth-order valence-corrected chi connectivity index (χ4v) is 8.44. The Labute approximate surface area is 332 Å². The summed E-state index contributed by atoms with van der Waals surface area (Å²) in [6, 6.07) is 65.8. The Balaban J connectivity index is 1.09. The van der Waals surface area contributed by atoms with E-state index in [-0.39, 0.29) is 0 Å². The molecule has 0 aliphatic rings. The van der Waals surface area contributed by atoms with Crippen LogP contribution in [0.5, 0.6) is 0 Å². The standard InChI is InChI=1S/C54H39N3/c1-2-3-22-49(55)50-34-48-47-33-41(31-32-51(47)57(52(48)35-56-50)42-16-8-5-9-17-42)38-25-29-40(30-26-38)54-45-20-12-10-18-43(45)53(44-19-11-13-21-46(44)54)39-27-23-37(24-28-39)36-14-6-4-7-15-36/h2-35H,55H2,1H3/b3-2-,49-22-. The number of benzene rings is 8. The smallest absolute Gasteiger partial charge is 0.0866 e. The van der Waals surface area contributed by atoms with Crippen molar-refractivity contribution in [3.05, 3.63) is 212 Å². The van der Waals surface area contributed by atoms with Crippen LogP contribution in [0.25, 0.3) is 99.2 Å². The molecule has 8 aromatic carbocycles. The van der Waals surface area contributed by atoms with E-state index < -0.39 is 0 Å². The Kier molecular flexibility index (Phi) is 8.54. The highest BCUT2D eigenvalue weighted by Gasteiger charge is 2.18. The van der Waals surface area contributed by atoms with E-state index in [1.807, 2.05) is 37.4 Å². The second kappa shape index (κ2) is 14.3. The van der Waals surface area contributed by atoms with Crippen LogP contribution in [0.3, 0.4) is 0 Å². The van der Waals surface area contributed by atoms with Crippen LogP contribution in [0, 0.1) is 0 Å². The lowest BCUT2D eigenvalue weighted by Gasteiger charge is -2.18. The highest BCUT2D eigenvalue weighted by atomic mass is 15.0. The van der Waals surface area contributed by atoms with E-state index in [2.05, 4.69) is 180 Å². The minimum atomic E-state index is 0.636. The minimum absolute atomic E-state index is 0.636. The Bertz CT molecular complexity index is 3100. The zero-order valence-electron chi connectivity index (χ0n) is 31.6. The van der Waals surface area contributed by atoms with Crippen molar-refractivity contribution in [1.82, 2.24) is 9.55 Å². The van der Waals surface area contributed by atoms with Crippen LogP contribution < -0.4 is 5.73 Å². The van der Waals surface area contributed by atoms with Crippen LogP contribution in [-0.4, -0.2) is 9.55 Å². The van der Waals surface area contributed by atoms with Crippen LogP contribution in [-0.2, 0) is 0 Å². The number of nitrogens with zero attached hydrogens (tertiary/aromatic N) is 2. The van der Waals surface area contributed by atoms with E-state index in [0.717, 1.165) is 44.3 Å². The predicted molar refractivity (Wildman–Crippen MR) is 242 cm³/mol. The van der Waals surface area contributed by atoms with Gasteiger partial charge in [-0.1, -0.05) is 164 Å². The first-order valence-electron chi connectivity index (χ1n) is 19.4. The van der Waals surface area contributed by atoms with Crippen molar-refractivity contribution in [3.63, 3.8) is 0 Å². The van der Waals surface area contributed by atoms with Crippen LogP contribution >= 0.6 is 0 Å². The molecule has 10 aromatic rings. The van der Waals surface area contributed by atoms with Gasteiger partial charge in [-0.25, -0.2) is 0 Å². The molecule has 3 nitrogen and oxygen atoms in total. The highest BCUT2D eigenvalue weighted by molar-refractivity contribution is 6.21. The Morgan fingerprint density at radius 3 is 1.47 bits per heavy atom. The van der Waals surface area contributed by atoms with Crippen LogP contribution in [0.2, 0.25) is 0 Å². The van der Waals surface area contributed by atoms with Gasteiger partial charge in [0.05, 0.1) is 28.6 Å². The summed E-state index contributed by atoms with van der Waals surface area (Å²) in [5.74, 6) is 0. The molecular weight excluding hydrogens is 691 g/mol. The summed E-state index contributed by atoms with van der Waals surface area (Å²) in [5.41, 5.74) is 20.8. The van der Waals surface area contributed by atoms with E-state index in [1.165, 1.54) is 54.9 Å². The zero-order chi connectivity index (χ0) is 38.3. The molecule has 0 spiro atoms. The molecule has 0 aliphatic carbocycles. The molecule has 10 rings (SSSR count). The highest BCUT2D eigenvalue weighted by Crippen LogP contribution is 2.44. The number of nitrogens with two attached hydrogens (primary N) is 1. The second-order valence-electron chi connectivity index (χ2n) is 14.5. The summed E-state index contributed by atoms with van der Waals surface area (Å²) in [6.45, 7) is 1.98. The van der Waals surface area contributed by atoms with E-state index in [9.17, 15) is 0 Å². The molecule has 0 saturated heterocycles. The largest absolute Gasteiger partial charge is 0.397 e. The fourth-order valence-electron chi connectivity index (χ4n) is 8.44. The molecule has 3 heteroatoms. The topological polar surface area (TPSA) is 43.8 Å². The molecule has 0 radical (unpaired) electrons. The number of fused-ring (bicyclic) bond motifs is 5. The van der Waals surface area contributed by atoms with Gasteiger partial charge in [-0.3, -0.25) is 4.98 Å². The summed E-state index contributed by atoms with van der Waals surface area (Å²) >= 11 is 0. The van der Waals surface area contributed by atoms with Gasteiger partial charge in [0.2, 0.25) is 0 Å². The van der Waals surface area contributed by atoms with Crippen molar-refractivity contribution in [2.75, 3.05) is 0 Å². The molecule has 0 atom stereocenters. The maximum atomic E-state index is 6.49. The van der Waals surface area contributed by atoms with E-state index >= 15 is 0 Å². The van der Waals surface area contributed by atoms with Crippen molar-refractivity contribution in [2.45, 2.75) is 6.92 Å². The third kappa shape index (κ3) is 5.98. The molecule has 0 aliphatic heterocycles. The lowest BCUT2D eigenvalue weighted by atomic mass is 9.85. The maximum Gasteiger partial charge on any atom is 0.0866 e. The molecule has 0 saturated carbocycles. The molecule has 0 amide bonds. The average molecular weight is 730 g/mol. The summed E-state index contributed by atoms with van der Waals surface area (Å²) in [4.78, 5) is 4.79. The van der Waals surface area contributed by atoms with Gasteiger partial charge in [-0.15, -0.1) is 0 Å². The van der Waals surface area contributed by atoms with Crippen molar-refractivity contribution < 1.29 is 0 Å². The third-order valence-corrected chi connectivity index (χ3v) is 11.1. The van der Waals surface area contributed by atoms with E-state index in [1.54, 1.807) is 0 Å². The van der Waals surface area contributed by atoms with Crippen LogP contribution in [0.1, 0.15) is 12.6 Å². The average Bonchev–Trinajstić information content (AvgIpc) is 3.61. The molecule has 57 heavy (non-hydrogen) atoms. The van der Waals surface area contributed by atoms with Gasteiger partial charge >= 0.3 is 0 Å². The maximum absolute atomic E-state index is 6.49. The van der Waals surface area contributed by atoms with Gasteiger partial charge in [0.1, 0.15) is 0 Å². The van der Waals surface area contributed by atoms with Crippen molar-refractivity contribution >= 4 is 49.0 Å². The SMILES string of the molecule is C/C=C\C=C(/N)c1cc2c3cc(-c4ccc(-c5c6ccccc6c(-c6ccc(-c7ccccc7)cc6)c6ccccc56)cc4)ccc3n(-c3ccccc3)c2cn1. The molecule has 0 fully saturated rings. The summed E-state index contributed by atoms with van der Waals surface area (Å²) in [7, 11) is 0. The Morgan fingerprint density at radius 1 is 0.456 bits per heavy atom. The summed E-state index contributed by atoms with van der Waals surface area (Å²) in [6.07, 6.45) is 7.76. The third-order valence-electron chi connectivity index (χ3n) is 11.1. The summed E-state index contributed by atoms with van der Waals surface area (Å²) < 4.78 is 2.29. The number of pyridine rings is 1.